The van der Waals surface area contributed by atoms with Crippen LogP contribution in [0.15, 0.2) is 42.0 Å². The third-order valence-electron chi connectivity index (χ3n) is 7.75. The van der Waals surface area contributed by atoms with Gasteiger partial charge in [0.15, 0.2) is 11.5 Å². The summed E-state index contributed by atoms with van der Waals surface area (Å²) in [7, 11) is 1.57. The van der Waals surface area contributed by atoms with Crippen LogP contribution in [0.5, 0.6) is 17.2 Å². The highest BCUT2D eigenvalue weighted by molar-refractivity contribution is 6.46. The second kappa shape index (κ2) is 15.6. The summed E-state index contributed by atoms with van der Waals surface area (Å²) in [4.78, 5) is 30.8. The Morgan fingerprint density at radius 3 is 2.29 bits per heavy atom. The highest BCUT2D eigenvalue weighted by Crippen LogP contribution is 2.42. The van der Waals surface area contributed by atoms with Crippen LogP contribution in [0.2, 0.25) is 0 Å². The zero-order valence-corrected chi connectivity index (χ0v) is 26.4. The fourth-order valence-corrected chi connectivity index (χ4v) is 5.06. The molecule has 0 aromatic heterocycles. The van der Waals surface area contributed by atoms with Crippen molar-refractivity contribution in [1.29, 1.82) is 0 Å². The SMILES string of the molecule is CCCCOc1ccc(/C(O)=C2\C(=O)C(=O)N(CCN(CC)CC)C2c2ccc(OCCC(C)C)c(OC)c2)cc1C. The van der Waals surface area contributed by atoms with Crippen molar-refractivity contribution in [2.24, 2.45) is 5.92 Å². The highest BCUT2D eigenvalue weighted by Gasteiger charge is 2.46. The van der Waals surface area contributed by atoms with E-state index in [0.29, 0.717) is 54.8 Å². The quantitative estimate of drug-likeness (QED) is 0.107. The fourth-order valence-electron chi connectivity index (χ4n) is 5.06. The molecule has 1 amide bonds. The van der Waals surface area contributed by atoms with Gasteiger partial charge in [0.25, 0.3) is 11.7 Å². The molecule has 1 fully saturated rings. The molecule has 3 rings (SSSR count). The normalized spacial score (nSPS) is 16.5. The Labute approximate surface area is 251 Å². The molecule has 0 radical (unpaired) electrons. The van der Waals surface area contributed by atoms with Crippen molar-refractivity contribution in [3.63, 3.8) is 0 Å². The molecule has 0 bridgehead atoms. The highest BCUT2D eigenvalue weighted by atomic mass is 16.5. The Kier molecular flexibility index (Phi) is 12.3. The first-order valence-corrected chi connectivity index (χ1v) is 15.2. The summed E-state index contributed by atoms with van der Waals surface area (Å²) in [5, 5.41) is 11.6. The first-order chi connectivity index (χ1) is 20.2. The molecule has 1 aliphatic rings. The van der Waals surface area contributed by atoms with Gasteiger partial charge in [-0.2, -0.15) is 0 Å². The van der Waals surface area contributed by atoms with Gasteiger partial charge in [-0.15, -0.1) is 0 Å². The molecule has 1 unspecified atom stereocenters. The molecule has 1 saturated heterocycles. The van der Waals surface area contributed by atoms with E-state index >= 15 is 0 Å². The van der Waals surface area contributed by atoms with Crippen molar-refractivity contribution in [2.45, 2.75) is 66.8 Å². The molecule has 2 aromatic carbocycles. The van der Waals surface area contributed by atoms with Gasteiger partial charge in [0, 0.05) is 18.7 Å². The Bertz CT molecular complexity index is 1250. The average Bonchev–Trinajstić information content (AvgIpc) is 3.23. The maximum atomic E-state index is 13.5. The van der Waals surface area contributed by atoms with Crippen LogP contribution >= 0.6 is 0 Å². The smallest absolute Gasteiger partial charge is 0.295 e. The van der Waals surface area contributed by atoms with Crippen molar-refractivity contribution in [2.75, 3.05) is 46.5 Å². The third-order valence-corrected chi connectivity index (χ3v) is 7.75. The Hall–Kier alpha value is -3.52. The van der Waals surface area contributed by atoms with Gasteiger partial charge in [-0.25, -0.2) is 0 Å². The van der Waals surface area contributed by atoms with E-state index in [2.05, 4.69) is 39.5 Å². The van der Waals surface area contributed by atoms with Crippen molar-refractivity contribution >= 4 is 17.4 Å². The van der Waals surface area contributed by atoms with Crippen LogP contribution in [0.1, 0.15) is 76.6 Å². The predicted octanol–water partition coefficient (Wildman–Crippen LogP) is 6.37. The molecule has 1 atom stereocenters. The van der Waals surface area contributed by atoms with Crippen LogP contribution in [0.3, 0.4) is 0 Å². The number of hydrogen-bond acceptors (Lipinski definition) is 7. The standard InChI is InChI=1S/C34H48N2O6/c1-8-11-19-41-27-14-13-26(21-24(27)6)32(37)30-31(36(34(39)33(30)38)18-17-35(9-2)10-3)25-12-15-28(29(22-25)40-7)42-20-16-23(4)5/h12-15,21-23,31,37H,8-11,16-20H2,1-7H3/b32-30+. The first-order valence-electron chi connectivity index (χ1n) is 15.2. The van der Waals surface area contributed by atoms with Crippen LogP contribution in [-0.2, 0) is 9.59 Å². The third kappa shape index (κ3) is 7.85. The van der Waals surface area contributed by atoms with Crippen LogP contribution in [0, 0.1) is 12.8 Å². The minimum absolute atomic E-state index is 0.0640. The fraction of sp³-hybridized carbons (Fsp3) is 0.529. The van der Waals surface area contributed by atoms with E-state index in [1.54, 1.807) is 36.3 Å². The average molecular weight is 581 g/mol. The number of hydrogen-bond donors (Lipinski definition) is 1. The Morgan fingerprint density at radius 1 is 0.976 bits per heavy atom. The van der Waals surface area contributed by atoms with Gasteiger partial charge in [0.05, 0.1) is 31.9 Å². The van der Waals surface area contributed by atoms with Gasteiger partial charge in [-0.1, -0.05) is 47.1 Å². The molecule has 0 saturated carbocycles. The summed E-state index contributed by atoms with van der Waals surface area (Å²) in [5.74, 6) is 0.806. The van der Waals surface area contributed by atoms with Gasteiger partial charge in [-0.05, 0) is 80.2 Å². The van der Waals surface area contributed by atoms with Gasteiger partial charge in [0.1, 0.15) is 11.5 Å². The number of carbonyl (C=O) groups excluding carboxylic acids is 2. The van der Waals surface area contributed by atoms with E-state index in [4.69, 9.17) is 14.2 Å². The lowest BCUT2D eigenvalue weighted by molar-refractivity contribution is -0.140. The second-order valence-electron chi connectivity index (χ2n) is 11.1. The van der Waals surface area contributed by atoms with Crippen LogP contribution in [-0.4, -0.2) is 73.1 Å². The number of carbonyl (C=O) groups is 2. The summed E-state index contributed by atoms with van der Waals surface area (Å²) in [6, 6.07) is 10.0. The van der Waals surface area contributed by atoms with Crippen molar-refractivity contribution < 1.29 is 28.9 Å². The number of benzene rings is 2. The van der Waals surface area contributed by atoms with Gasteiger partial charge in [-0.3, -0.25) is 9.59 Å². The van der Waals surface area contributed by atoms with E-state index in [0.717, 1.165) is 43.7 Å². The lowest BCUT2D eigenvalue weighted by Crippen LogP contribution is -2.38. The van der Waals surface area contributed by atoms with Crippen molar-refractivity contribution in [1.82, 2.24) is 9.80 Å². The van der Waals surface area contributed by atoms with E-state index in [9.17, 15) is 14.7 Å². The van der Waals surface area contributed by atoms with Gasteiger partial charge < -0.3 is 29.1 Å². The maximum Gasteiger partial charge on any atom is 0.295 e. The van der Waals surface area contributed by atoms with Crippen molar-refractivity contribution in [3.05, 3.63) is 58.7 Å². The number of ether oxygens (including phenoxy) is 3. The number of nitrogens with zero attached hydrogens (tertiary/aromatic N) is 2. The number of methoxy groups -OCH3 is 1. The van der Waals surface area contributed by atoms with Gasteiger partial charge >= 0.3 is 0 Å². The topological polar surface area (TPSA) is 88.5 Å². The monoisotopic (exact) mass is 580 g/mol. The van der Waals surface area contributed by atoms with Crippen LogP contribution < -0.4 is 14.2 Å². The zero-order chi connectivity index (χ0) is 30.8. The molecule has 2 aromatic rings. The summed E-state index contributed by atoms with van der Waals surface area (Å²) >= 11 is 0. The number of likely N-dealkylation sites (N-methyl/N-ethyl adjacent to an activating group) is 1. The second-order valence-corrected chi connectivity index (χ2v) is 11.1. The largest absolute Gasteiger partial charge is 0.507 e. The van der Waals surface area contributed by atoms with E-state index in [-0.39, 0.29) is 11.3 Å². The van der Waals surface area contributed by atoms with Crippen LogP contribution in [0.25, 0.3) is 5.76 Å². The summed E-state index contributed by atoms with van der Waals surface area (Å²) in [6.45, 7) is 16.2. The van der Waals surface area contributed by atoms with Crippen molar-refractivity contribution in [3.8, 4) is 17.2 Å². The summed E-state index contributed by atoms with van der Waals surface area (Å²) < 4.78 is 17.5. The number of ketones is 1. The number of aryl methyl sites for hydroxylation is 1. The summed E-state index contributed by atoms with van der Waals surface area (Å²) in [6.07, 6.45) is 2.88. The molecular formula is C34H48N2O6. The number of rotatable bonds is 16. The predicted molar refractivity (Wildman–Crippen MR) is 166 cm³/mol. The molecule has 0 aliphatic carbocycles. The number of aliphatic hydroxyl groups excluding tert-OH is 1. The minimum Gasteiger partial charge on any atom is -0.507 e. The number of amides is 1. The lowest BCUT2D eigenvalue weighted by atomic mass is 9.94. The number of aliphatic hydroxyl groups is 1. The van der Waals surface area contributed by atoms with E-state index in [1.807, 2.05) is 19.1 Å². The molecule has 42 heavy (non-hydrogen) atoms. The Balaban J connectivity index is 2.07. The lowest BCUT2D eigenvalue weighted by Gasteiger charge is -2.28. The number of likely N-dealkylation sites (tertiary alicyclic amines) is 1. The minimum atomic E-state index is -0.778. The molecule has 230 valence electrons. The molecule has 8 heteroatoms. The van der Waals surface area contributed by atoms with E-state index < -0.39 is 17.7 Å². The number of Topliss-reactive ketones (excluding diaryl/α,β-unsaturated/α-hetero) is 1. The molecule has 1 N–H and O–H groups in total. The first kappa shape index (κ1) is 33.0. The molecular weight excluding hydrogens is 532 g/mol. The molecule has 0 spiro atoms. The maximum absolute atomic E-state index is 13.5. The molecule has 1 heterocycles. The Morgan fingerprint density at radius 2 is 1.67 bits per heavy atom. The van der Waals surface area contributed by atoms with E-state index in [1.165, 1.54) is 0 Å². The summed E-state index contributed by atoms with van der Waals surface area (Å²) in [5.41, 5.74) is 2.03. The van der Waals surface area contributed by atoms with Gasteiger partial charge in [0.2, 0.25) is 0 Å². The number of unbranched alkanes of at least 4 members (excludes halogenated alkanes) is 1. The van der Waals surface area contributed by atoms with Crippen LogP contribution in [0.4, 0.5) is 0 Å². The zero-order valence-electron chi connectivity index (χ0n) is 26.4. The molecule has 8 nitrogen and oxygen atoms in total. The molecule has 1 aliphatic heterocycles.